The minimum atomic E-state index is -4.59. The van der Waals surface area contributed by atoms with E-state index in [2.05, 4.69) is 5.43 Å². The molecule has 0 spiro atoms. The van der Waals surface area contributed by atoms with Gasteiger partial charge in [0.05, 0.1) is 18.2 Å². The van der Waals surface area contributed by atoms with Crippen molar-refractivity contribution in [2.45, 2.75) is 18.6 Å². The molecule has 2 aromatic rings. The summed E-state index contributed by atoms with van der Waals surface area (Å²) in [5, 5.41) is 1.68. The van der Waals surface area contributed by atoms with Crippen LogP contribution < -0.4 is 15.9 Å². The van der Waals surface area contributed by atoms with Gasteiger partial charge < -0.3 is 15.9 Å². The van der Waals surface area contributed by atoms with Gasteiger partial charge in [0, 0.05) is 24.1 Å². The number of nitrogens with two attached hydrogens (primary N) is 1. The number of hydrazine groups is 1. The summed E-state index contributed by atoms with van der Waals surface area (Å²) in [6.07, 6.45) is -3.91. The lowest BCUT2D eigenvalue weighted by Crippen LogP contribution is -2.47. The monoisotopic (exact) mass is 427 g/mol. The summed E-state index contributed by atoms with van der Waals surface area (Å²) >= 11 is 5.22. The smallest absolute Gasteiger partial charge is 0.416 e. The summed E-state index contributed by atoms with van der Waals surface area (Å²) in [5.41, 5.74) is 8.24. The van der Waals surface area contributed by atoms with Crippen molar-refractivity contribution in [3.8, 4) is 5.75 Å². The molecule has 0 fully saturated rings. The average Bonchev–Trinajstić information content (AvgIpc) is 2.67. The molecular weight excluding hydrogens is 406 g/mol. The van der Waals surface area contributed by atoms with Crippen molar-refractivity contribution >= 4 is 17.2 Å². The lowest BCUT2D eigenvalue weighted by atomic mass is 9.88. The Morgan fingerprint density at radius 1 is 1.28 bits per heavy atom. The van der Waals surface area contributed by atoms with Crippen LogP contribution in [0.4, 0.5) is 17.6 Å². The van der Waals surface area contributed by atoms with Crippen LogP contribution in [0.2, 0.25) is 0 Å². The number of para-hydroxylation sites is 1. The van der Waals surface area contributed by atoms with Gasteiger partial charge in [-0.1, -0.05) is 30.4 Å². The van der Waals surface area contributed by atoms with Crippen molar-refractivity contribution in [3.05, 3.63) is 65.0 Å². The fourth-order valence-electron chi connectivity index (χ4n) is 3.54. The van der Waals surface area contributed by atoms with Crippen molar-refractivity contribution in [1.29, 1.82) is 0 Å². The second-order valence-electron chi connectivity index (χ2n) is 6.88. The first kappa shape index (κ1) is 21.5. The van der Waals surface area contributed by atoms with Gasteiger partial charge in [-0.3, -0.25) is 0 Å². The molecule has 1 aliphatic heterocycles. The number of thiocarbonyl (C=S) groups is 1. The molecule has 0 saturated carbocycles. The van der Waals surface area contributed by atoms with Crippen LogP contribution in [0.5, 0.6) is 5.75 Å². The van der Waals surface area contributed by atoms with Crippen LogP contribution in [0.3, 0.4) is 0 Å². The van der Waals surface area contributed by atoms with Gasteiger partial charge in [0.1, 0.15) is 16.6 Å². The predicted octanol–water partition coefficient (Wildman–Crippen LogP) is 4.06. The van der Waals surface area contributed by atoms with E-state index >= 15 is 0 Å². The first-order valence-electron chi connectivity index (χ1n) is 9.04. The summed E-state index contributed by atoms with van der Waals surface area (Å²) in [5.74, 6) is -0.0769. The van der Waals surface area contributed by atoms with Crippen LogP contribution in [0.1, 0.15) is 29.2 Å². The normalized spacial score (nSPS) is 18.9. The van der Waals surface area contributed by atoms with Crippen LogP contribution in [0.25, 0.3) is 0 Å². The largest absolute Gasteiger partial charge is 0.493 e. The molecule has 0 saturated heterocycles. The van der Waals surface area contributed by atoms with Gasteiger partial charge in [0.2, 0.25) is 0 Å². The highest BCUT2D eigenvalue weighted by Crippen LogP contribution is 2.39. The number of fused-ring (bicyclic) bond motifs is 1. The number of hydrogen-bond acceptors (Lipinski definition) is 4. The highest BCUT2D eigenvalue weighted by molar-refractivity contribution is 7.80. The van der Waals surface area contributed by atoms with Crippen LogP contribution >= 0.6 is 12.2 Å². The number of alkyl halides is 3. The number of hydrogen-bond donors (Lipinski definition) is 2. The van der Waals surface area contributed by atoms with Crippen LogP contribution in [-0.4, -0.2) is 30.2 Å². The van der Waals surface area contributed by atoms with E-state index in [1.165, 1.54) is 0 Å². The second-order valence-corrected chi connectivity index (χ2v) is 7.28. The standard InChI is InChI=1S/C20H21F4N3OS/c1-27(18-12(8-9-25)11-28-17-5-3-2-4-14(17)18)26-19(29)15-10-13(20(22,23)24)6-7-16(15)21/h2-7,10,12,18H,8-9,11,25H2,1H3,(H,26,29). The van der Waals surface area contributed by atoms with Gasteiger partial charge >= 0.3 is 6.18 Å². The van der Waals surface area contributed by atoms with Crippen LogP contribution in [0.15, 0.2) is 42.5 Å². The zero-order valence-corrected chi connectivity index (χ0v) is 16.5. The maximum Gasteiger partial charge on any atom is 0.416 e. The average molecular weight is 427 g/mol. The van der Waals surface area contributed by atoms with Crippen LogP contribution in [0, 0.1) is 11.7 Å². The second kappa shape index (κ2) is 8.64. The topological polar surface area (TPSA) is 50.5 Å². The Morgan fingerprint density at radius 3 is 2.69 bits per heavy atom. The van der Waals surface area contributed by atoms with E-state index < -0.39 is 17.6 Å². The summed E-state index contributed by atoms with van der Waals surface area (Å²) in [6.45, 7) is 0.892. The zero-order valence-electron chi connectivity index (χ0n) is 15.7. The van der Waals surface area contributed by atoms with E-state index in [4.69, 9.17) is 22.7 Å². The molecule has 4 nitrogen and oxygen atoms in total. The van der Waals surface area contributed by atoms with E-state index in [1.54, 1.807) is 12.1 Å². The van der Waals surface area contributed by atoms with Crippen molar-refractivity contribution in [3.63, 3.8) is 0 Å². The fraction of sp³-hybridized carbons (Fsp3) is 0.350. The zero-order chi connectivity index (χ0) is 21.2. The molecule has 1 heterocycles. The predicted molar refractivity (Wildman–Crippen MR) is 106 cm³/mol. The molecule has 2 atom stereocenters. The molecule has 1 aliphatic rings. The summed E-state index contributed by atoms with van der Waals surface area (Å²) in [6, 6.07) is 9.47. The van der Waals surface area contributed by atoms with Crippen molar-refractivity contribution in [2.24, 2.45) is 11.7 Å². The van der Waals surface area contributed by atoms with Crippen molar-refractivity contribution < 1.29 is 22.3 Å². The van der Waals surface area contributed by atoms with E-state index in [9.17, 15) is 17.6 Å². The first-order chi connectivity index (χ1) is 13.7. The molecule has 0 amide bonds. The Kier molecular flexibility index (Phi) is 6.40. The molecule has 2 unspecified atom stereocenters. The third-order valence-electron chi connectivity index (χ3n) is 4.91. The molecule has 0 bridgehead atoms. The maximum absolute atomic E-state index is 14.2. The molecule has 3 N–H and O–H groups in total. The molecule has 9 heteroatoms. The number of halogens is 4. The molecule has 29 heavy (non-hydrogen) atoms. The number of nitrogens with zero attached hydrogens (tertiary/aromatic N) is 1. The Hall–Kier alpha value is -2.23. The van der Waals surface area contributed by atoms with Gasteiger partial charge in [-0.15, -0.1) is 0 Å². The Morgan fingerprint density at radius 2 is 2.00 bits per heavy atom. The number of ether oxygens (including phenoxy) is 1. The fourth-order valence-corrected chi connectivity index (χ4v) is 3.84. The SMILES string of the molecule is CN(NC(=S)c1cc(C(F)(F)F)ccc1F)C1c2ccccc2OCC1CCN. The molecule has 0 aromatic heterocycles. The molecule has 0 radical (unpaired) electrons. The highest BCUT2D eigenvalue weighted by Gasteiger charge is 2.35. The minimum Gasteiger partial charge on any atom is -0.493 e. The Bertz CT molecular complexity index is 890. The quantitative estimate of drug-likeness (QED) is 0.428. The Balaban J connectivity index is 1.87. The lowest BCUT2D eigenvalue weighted by Gasteiger charge is -2.39. The van der Waals surface area contributed by atoms with Crippen molar-refractivity contribution in [2.75, 3.05) is 20.2 Å². The van der Waals surface area contributed by atoms with E-state index in [-0.39, 0.29) is 22.5 Å². The number of rotatable bonds is 5. The molecule has 3 rings (SSSR count). The van der Waals surface area contributed by atoms with E-state index in [1.807, 2.05) is 24.3 Å². The lowest BCUT2D eigenvalue weighted by molar-refractivity contribution is -0.137. The molecular formula is C20H21F4N3OS. The third kappa shape index (κ3) is 4.68. The molecule has 156 valence electrons. The summed E-state index contributed by atoms with van der Waals surface area (Å²) in [7, 11) is 1.72. The van der Waals surface area contributed by atoms with Gasteiger partial charge in [-0.25, -0.2) is 9.40 Å². The highest BCUT2D eigenvalue weighted by atomic mass is 32.1. The number of nitrogens with one attached hydrogen (secondary N) is 1. The van der Waals surface area contributed by atoms with Crippen molar-refractivity contribution in [1.82, 2.24) is 10.4 Å². The molecule has 0 aliphatic carbocycles. The van der Waals surface area contributed by atoms with E-state index in [0.717, 1.165) is 17.4 Å². The minimum absolute atomic E-state index is 0.0292. The summed E-state index contributed by atoms with van der Waals surface area (Å²) < 4.78 is 59.0. The molecule has 2 aromatic carbocycles. The van der Waals surface area contributed by atoms with Gasteiger partial charge in [-0.2, -0.15) is 13.2 Å². The number of benzene rings is 2. The first-order valence-corrected chi connectivity index (χ1v) is 9.45. The maximum atomic E-state index is 14.2. The Labute approximate surface area is 171 Å². The van der Waals surface area contributed by atoms with Crippen LogP contribution in [-0.2, 0) is 6.18 Å². The van der Waals surface area contributed by atoms with Gasteiger partial charge in [0.25, 0.3) is 0 Å². The summed E-state index contributed by atoms with van der Waals surface area (Å²) in [4.78, 5) is -0.133. The van der Waals surface area contributed by atoms with Gasteiger partial charge in [-0.05, 0) is 37.2 Å². The van der Waals surface area contributed by atoms with Gasteiger partial charge in [0.15, 0.2) is 0 Å². The third-order valence-corrected chi connectivity index (χ3v) is 5.22. The van der Waals surface area contributed by atoms with E-state index in [0.29, 0.717) is 31.7 Å².